The van der Waals surface area contributed by atoms with Crippen LogP contribution >= 0.6 is 27.3 Å². The predicted molar refractivity (Wildman–Crippen MR) is 130 cm³/mol. The Bertz CT molecular complexity index is 1150. The second-order valence-electron chi connectivity index (χ2n) is 8.73. The third kappa shape index (κ3) is 3.26. The van der Waals surface area contributed by atoms with Gasteiger partial charge in [0, 0.05) is 34.6 Å². The number of benzene rings is 1. The third-order valence-corrected chi connectivity index (χ3v) is 8.62. The Kier molecular flexibility index (Phi) is 5.25. The topological polar surface area (TPSA) is 34.5 Å². The largest absolute Gasteiger partial charge is 0.496 e. The normalized spacial score (nSPS) is 19.9. The summed E-state index contributed by atoms with van der Waals surface area (Å²) in [5, 5.41) is 2.10. The average Bonchev–Trinajstić information content (AvgIpc) is 3.51. The van der Waals surface area contributed by atoms with Crippen LogP contribution in [0.1, 0.15) is 49.2 Å². The van der Waals surface area contributed by atoms with Crippen LogP contribution in [0.25, 0.3) is 21.7 Å². The standard InChI is InChI=1S/C25H27BrN2O2S/c1-4-25(2)9-6-10-28(25)24(29)20-15-18(22-7-5-12-31-22)23-17-14-19(26)21(30-3)13-16(17)8-11-27(20)23/h5,7,12-15H,4,6,8-11H2,1-3H3/t25-/m0/s1. The number of ether oxygens (including phenoxy) is 1. The van der Waals surface area contributed by atoms with E-state index in [9.17, 15) is 4.79 Å². The molecule has 2 aliphatic rings. The monoisotopic (exact) mass is 498 g/mol. The van der Waals surface area contributed by atoms with Gasteiger partial charge in [-0.3, -0.25) is 4.79 Å². The van der Waals surface area contributed by atoms with Gasteiger partial charge in [-0.25, -0.2) is 0 Å². The highest BCUT2D eigenvalue weighted by Crippen LogP contribution is 2.45. The molecule has 0 aliphatic carbocycles. The quantitative estimate of drug-likeness (QED) is 0.405. The zero-order chi connectivity index (χ0) is 21.8. The molecule has 1 amide bonds. The first-order valence-corrected chi connectivity index (χ1v) is 12.6. The van der Waals surface area contributed by atoms with Crippen molar-refractivity contribution in [3.63, 3.8) is 0 Å². The number of hydrogen-bond acceptors (Lipinski definition) is 3. The van der Waals surface area contributed by atoms with Gasteiger partial charge >= 0.3 is 0 Å². The number of carbonyl (C=O) groups is 1. The minimum absolute atomic E-state index is 0.0478. The number of thiophene rings is 1. The Morgan fingerprint density at radius 2 is 2.10 bits per heavy atom. The van der Waals surface area contributed by atoms with Crippen LogP contribution in [0.3, 0.4) is 0 Å². The van der Waals surface area contributed by atoms with Crippen molar-refractivity contribution in [3.8, 4) is 27.4 Å². The van der Waals surface area contributed by atoms with Crippen LogP contribution in [-0.2, 0) is 13.0 Å². The Labute approximate surface area is 196 Å². The molecular formula is C25H27BrN2O2S. The van der Waals surface area contributed by atoms with Crippen molar-refractivity contribution >= 4 is 33.2 Å². The molecule has 162 valence electrons. The van der Waals surface area contributed by atoms with Crippen molar-refractivity contribution in [1.82, 2.24) is 9.47 Å². The highest BCUT2D eigenvalue weighted by Gasteiger charge is 2.40. The van der Waals surface area contributed by atoms with E-state index in [0.717, 1.165) is 65.9 Å². The molecule has 5 rings (SSSR count). The average molecular weight is 499 g/mol. The molecule has 4 nitrogen and oxygen atoms in total. The molecule has 0 radical (unpaired) electrons. The Hall–Kier alpha value is -2.05. The van der Waals surface area contributed by atoms with Crippen LogP contribution in [0.2, 0.25) is 0 Å². The second kappa shape index (κ2) is 7.82. The maximum Gasteiger partial charge on any atom is 0.270 e. The lowest BCUT2D eigenvalue weighted by molar-refractivity contribution is 0.0606. The highest BCUT2D eigenvalue weighted by atomic mass is 79.9. The van der Waals surface area contributed by atoms with Crippen molar-refractivity contribution < 1.29 is 9.53 Å². The Morgan fingerprint density at radius 3 is 2.81 bits per heavy atom. The number of halogens is 1. The number of aromatic nitrogens is 1. The molecule has 0 bridgehead atoms. The molecule has 0 unspecified atom stereocenters. The number of fused-ring (bicyclic) bond motifs is 3. The lowest BCUT2D eigenvalue weighted by atomic mass is 9.95. The first-order chi connectivity index (χ1) is 15.0. The fraction of sp³-hybridized carbons (Fsp3) is 0.400. The van der Waals surface area contributed by atoms with E-state index in [1.54, 1.807) is 18.4 Å². The number of methoxy groups -OCH3 is 1. The lowest BCUT2D eigenvalue weighted by Gasteiger charge is -2.35. The van der Waals surface area contributed by atoms with Gasteiger partial charge in [-0.2, -0.15) is 0 Å². The molecule has 1 saturated heterocycles. The van der Waals surface area contributed by atoms with Crippen LogP contribution in [0.15, 0.2) is 40.2 Å². The maximum atomic E-state index is 13.8. The number of aryl methyl sites for hydroxylation is 1. The van der Waals surface area contributed by atoms with Crippen LogP contribution in [0.4, 0.5) is 0 Å². The van der Waals surface area contributed by atoms with Gasteiger partial charge < -0.3 is 14.2 Å². The first kappa shape index (κ1) is 20.8. The molecule has 1 atom stereocenters. The van der Waals surface area contributed by atoms with Crippen LogP contribution < -0.4 is 4.74 Å². The number of hydrogen-bond donors (Lipinski definition) is 0. The van der Waals surface area contributed by atoms with Gasteiger partial charge in [0.05, 0.1) is 17.3 Å². The number of nitrogens with zero attached hydrogens (tertiary/aromatic N) is 2. The summed E-state index contributed by atoms with van der Waals surface area (Å²) in [5.41, 5.74) is 5.51. The summed E-state index contributed by atoms with van der Waals surface area (Å²) in [4.78, 5) is 17.1. The molecule has 2 aliphatic heterocycles. The Balaban J connectivity index is 1.69. The van der Waals surface area contributed by atoms with E-state index in [1.807, 2.05) is 0 Å². The summed E-state index contributed by atoms with van der Waals surface area (Å²) < 4.78 is 8.73. The molecule has 1 fully saturated rings. The summed E-state index contributed by atoms with van der Waals surface area (Å²) in [5.74, 6) is 1.02. The molecule has 31 heavy (non-hydrogen) atoms. The molecule has 6 heteroatoms. The number of likely N-dealkylation sites (tertiary alicyclic amines) is 1. The predicted octanol–water partition coefficient (Wildman–Crippen LogP) is 6.62. The molecule has 2 aromatic heterocycles. The van der Waals surface area contributed by atoms with Gasteiger partial charge in [-0.15, -0.1) is 11.3 Å². The zero-order valence-corrected chi connectivity index (χ0v) is 20.6. The summed E-state index contributed by atoms with van der Waals surface area (Å²) in [6.07, 6.45) is 4.03. The second-order valence-corrected chi connectivity index (χ2v) is 10.5. The van der Waals surface area contributed by atoms with Crippen LogP contribution in [-0.4, -0.2) is 34.6 Å². The van der Waals surface area contributed by atoms with Crippen molar-refractivity contribution in [2.24, 2.45) is 0 Å². The van der Waals surface area contributed by atoms with E-state index >= 15 is 0 Å². The summed E-state index contributed by atoms with van der Waals surface area (Å²) in [6, 6.07) is 10.6. The van der Waals surface area contributed by atoms with Gasteiger partial charge in [-0.05, 0) is 83.7 Å². The maximum absolute atomic E-state index is 13.8. The van der Waals surface area contributed by atoms with E-state index in [0.29, 0.717) is 0 Å². The number of carbonyl (C=O) groups excluding carboxylic acids is 1. The smallest absolute Gasteiger partial charge is 0.270 e. The fourth-order valence-electron chi connectivity index (χ4n) is 5.16. The molecule has 3 aromatic rings. The van der Waals surface area contributed by atoms with Gasteiger partial charge in [0.2, 0.25) is 0 Å². The third-order valence-electron chi connectivity index (χ3n) is 7.10. The van der Waals surface area contributed by atoms with Gasteiger partial charge in [0.15, 0.2) is 0 Å². The Morgan fingerprint density at radius 1 is 1.26 bits per heavy atom. The van der Waals surface area contributed by atoms with Crippen LogP contribution in [0.5, 0.6) is 5.75 Å². The number of rotatable bonds is 4. The van der Waals surface area contributed by atoms with Gasteiger partial charge in [0.25, 0.3) is 5.91 Å². The molecule has 1 aromatic carbocycles. The van der Waals surface area contributed by atoms with Crippen molar-refractivity contribution in [3.05, 3.63) is 51.4 Å². The molecule has 0 saturated carbocycles. The van der Waals surface area contributed by atoms with E-state index < -0.39 is 0 Å². The zero-order valence-electron chi connectivity index (χ0n) is 18.2. The van der Waals surface area contributed by atoms with Crippen LogP contribution in [0, 0.1) is 0 Å². The summed E-state index contributed by atoms with van der Waals surface area (Å²) >= 11 is 5.39. The van der Waals surface area contributed by atoms with Gasteiger partial charge in [0.1, 0.15) is 11.4 Å². The van der Waals surface area contributed by atoms with Gasteiger partial charge in [-0.1, -0.05) is 13.0 Å². The summed E-state index contributed by atoms with van der Waals surface area (Å²) in [7, 11) is 1.70. The summed E-state index contributed by atoms with van der Waals surface area (Å²) in [6.45, 7) is 6.07. The lowest BCUT2D eigenvalue weighted by Crippen LogP contribution is -2.45. The van der Waals surface area contributed by atoms with E-state index in [2.05, 4.69) is 75.0 Å². The van der Waals surface area contributed by atoms with Crippen molar-refractivity contribution in [2.75, 3.05) is 13.7 Å². The number of amides is 1. The van der Waals surface area contributed by atoms with Crippen molar-refractivity contribution in [1.29, 1.82) is 0 Å². The van der Waals surface area contributed by atoms with E-state index in [1.165, 1.54) is 16.0 Å². The van der Waals surface area contributed by atoms with Crippen molar-refractivity contribution in [2.45, 2.75) is 51.6 Å². The molecule has 0 spiro atoms. The molecule has 4 heterocycles. The van der Waals surface area contributed by atoms with E-state index in [-0.39, 0.29) is 11.4 Å². The minimum Gasteiger partial charge on any atom is -0.496 e. The SMILES string of the molecule is CC[C@@]1(C)CCCN1C(=O)c1cc(-c2cccs2)c2n1CCc1cc(OC)c(Br)cc1-2. The molecular weight excluding hydrogens is 472 g/mol. The first-order valence-electron chi connectivity index (χ1n) is 10.9. The highest BCUT2D eigenvalue weighted by molar-refractivity contribution is 9.10. The van der Waals surface area contributed by atoms with E-state index in [4.69, 9.17) is 4.74 Å². The molecule has 0 N–H and O–H groups in total. The minimum atomic E-state index is -0.0478. The fourth-order valence-corrected chi connectivity index (χ4v) is 6.40.